The number of carbonyl (C=O) groups is 1. The maximum absolute atomic E-state index is 13.7. The van der Waals surface area contributed by atoms with E-state index in [-0.39, 0.29) is 12.3 Å². The predicted molar refractivity (Wildman–Crippen MR) is 139 cm³/mol. The van der Waals surface area contributed by atoms with Crippen molar-refractivity contribution >= 4 is 40.5 Å². The SMILES string of the molecule is CCSc1ccc(CC(=O)Nc2ccc(N=C(C)CC(C)=N)c(Oc3cccc(F)c3)c2)cc1. The fourth-order valence-electron chi connectivity index (χ4n) is 3.31. The predicted octanol–water partition coefficient (Wildman–Crippen LogP) is 7.43. The summed E-state index contributed by atoms with van der Waals surface area (Å²) in [6.07, 6.45) is 0.683. The first kappa shape index (κ1) is 25.2. The lowest BCUT2D eigenvalue weighted by Crippen LogP contribution is -2.14. The molecule has 0 saturated carbocycles. The van der Waals surface area contributed by atoms with Gasteiger partial charge >= 0.3 is 0 Å². The van der Waals surface area contributed by atoms with Gasteiger partial charge in [0.05, 0.1) is 6.42 Å². The molecule has 0 radical (unpaired) electrons. The van der Waals surface area contributed by atoms with Gasteiger partial charge in [-0.05, 0) is 61.6 Å². The normalized spacial score (nSPS) is 11.2. The van der Waals surface area contributed by atoms with Crippen LogP contribution in [-0.4, -0.2) is 23.1 Å². The molecule has 0 heterocycles. The average Bonchev–Trinajstić information content (AvgIpc) is 2.76. The highest BCUT2D eigenvalue weighted by Crippen LogP contribution is 2.35. The standard InChI is InChI=1S/C27H28FN3O2S/c1-4-34-24-11-8-20(9-12-24)15-27(32)31-22-10-13-25(30-19(3)14-18(2)29)26(17-22)33-23-7-5-6-21(28)16-23/h5-13,16-17,29H,4,14-15H2,1-3H3,(H,31,32). The Morgan fingerprint density at radius 3 is 2.53 bits per heavy atom. The van der Waals surface area contributed by atoms with Crippen LogP contribution in [0.1, 0.15) is 32.8 Å². The van der Waals surface area contributed by atoms with Gasteiger partial charge in [0, 0.05) is 40.6 Å². The fraction of sp³-hybridized carbons (Fsp3) is 0.222. The number of ether oxygens (including phenoxy) is 1. The monoisotopic (exact) mass is 477 g/mol. The number of anilines is 1. The molecule has 0 spiro atoms. The van der Waals surface area contributed by atoms with Gasteiger partial charge in [-0.3, -0.25) is 9.79 Å². The molecule has 0 atom stereocenters. The molecule has 7 heteroatoms. The second kappa shape index (κ2) is 12.1. The van der Waals surface area contributed by atoms with E-state index in [1.54, 1.807) is 49.0 Å². The van der Waals surface area contributed by atoms with Gasteiger partial charge in [0.25, 0.3) is 0 Å². The maximum Gasteiger partial charge on any atom is 0.228 e. The van der Waals surface area contributed by atoms with Crippen LogP contribution in [0.15, 0.2) is 76.6 Å². The molecule has 0 aromatic heterocycles. The molecular weight excluding hydrogens is 449 g/mol. The quantitative estimate of drug-likeness (QED) is 0.235. The maximum atomic E-state index is 13.7. The van der Waals surface area contributed by atoms with Crippen LogP contribution in [-0.2, 0) is 11.2 Å². The fourth-order valence-corrected chi connectivity index (χ4v) is 3.97. The minimum absolute atomic E-state index is 0.153. The van der Waals surface area contributed by atoms with E-state index in [9.17, 15) is 9.18 Å². The Bertz CT molecular complexity index is 1190. The van der Waals surface area contributed by atoms with Gasteiger partial charge < -0.3 is 15.5 Å². The van der Waals surface area contributed by atoms with Gasteiger partial charge in [0.1, 0.15) is 17.3 Å². The number of amides is 1. The number of benzene rings is 3. The van der Waals surface area contributed by atoms with Crippen LogP contribution in [0, 0.1) is 11.2 Å². The van der Waals surface area contributed by atoms with E-state index >= 15 is 0 Å². The number of hydrogen-bond acceptors (Lipinski definition) is 5. The number of thioether (sulfide) groups is 1. The number of carbonyl (C=O) groups excluding carboxylic acids is 1. The molecule has 2 N–H and O–H groups in total. The number of halogens is 1. The minimum atomic E-state index is -0.411. The van der Waals surface area contributed by atoms with E-state index in [0.29, 0.717) is 35.0 Å². The third-order valence-electron chi connectivity index (χ3n) is 4.70. The van der Waals surface area contributed by atoms with Crippen molar-refractivity contribution < 1.29 is 13.9 Å². The number of nitrogens with zero attached hydrogens (tertiary/aromatic N) is 1. The number of hydrogen-bond donors (Lipinski definition) is 2. The van der Waals surface area contributed by atoms with Gasteiger partial charge in [-0.25, -0.2) is 4.39 Å². The topological polar surface area (TPSA) is 74.5 Å². The molecule has 176 valence electrons. The van der Waals surface area contributed by atoms with Crippen molar-refractivity contribution in [3.63, 3.8) is 0 Å². The summed E-state index contributed by atoms with van der Waals surface area (Å²) in [5.74, 6) is 1.14. The molecule has 3 rings (SSSR count). The molecule has 0 unspecified atom stereocenters. The second-order valence-electron chi connectivity index (χ2n) is 7.85. The Kier molecular flexibility index (Phi) is 8.99. The van der Waals surface area contributed by atoms with Crippen molar-refractivity contribution in [2.45, 2.75) is 38.5 Å². The summed E-state index contributed by atoms with van der Waals surface area (Å²) in [5, 5.41) is 10.6. The van der Waals surface area contributed by atoms with Crippen LogP contribution in [0.4, 0.5) is 15.8 Å². The Morgan fingerprint density at radius 1 is 1.09 bits per heavy atom. The lowest BCUT2D eigenvalue weighted by molar-refractivity contribution is -0.115. The summed E-state index contributed by atoms with van der Waals surface area (Å²) < 4.78 is 19.6. The van der Waals surface area contributed by atoms with E-state index in [2.05, 4.69) is 17.2 Å². The van der Waals surface area contributed by atoms with Crippen LogP contribution in [0.5, 0.6) is 11.5 Å². The van der Waals surface area contributed by atoms with Gasteiger partial charge in [-0.2, -0.15) is 0 Å². The van der Waals surface area contributed by atoms with Crippen molar-refractivity contribution in [1.29, 1.82) is 5.41 Å². The molecule has 0 bridgehead atoms. The summed E-state index contributed by atoms with van der Waals surface area (Å²) >= 11 is 1.76. The Hall–Kier alpha value is -3.45. The molecule has 5 nitrogen and oxygen atoms in total. The molecular formula is C27H28FN3O2S. The average molecular weight is 478 g/mol. The van der Waals surface area contributed by atoms with E-state index in [4.69, 9.17) is 10.1 Å². The summed E-state index contributed by atoms with van der Waals surface area (Å²) in [6, 6.07) is 19.0. The van der Waals surface area contributed by atoms with Crippen LogP contribution < -0.4 is 10.1 Å². The van der Waals surface area contributed by atoms with Gasteiger partial charge in [-0.1, -0.05) is 25.1 Å². The minimum Gasteiger partial charge on any atom is -0.455 e. The first-order chi connectivity index (χ1) is 16.3. The lowest BCUT2D eigenvalue weighted by Gasteiger charge is -2.13. The lowest BCUT2D eigenvalue weighted by atomic mass is 10.1. The zero-order valence-electron chi connectivity index (χ0n) is 19.5. The molecule has 3 aromatic carbocycles. The number of aliphatic imine (C=N–C) groups is 1. The van der Waals surface area contributed by atoms with E-state index in [1.165, 1.54) is 17.0 Å². The van der Waals surface area contributed by atoms with Crippen molar-refractivity contribution in [3.05, 3.63) is 78.1 Å². The summed E-state index contributed by atoms with van der Waals surface area (Å²) in [5.41, 5.74) is 3.25. The van der Waals surface area contributed by atoms with E-state index in [1.807, 2.05) is 31.2 Å². The summed E-state index contributed by atoms with van der Waals surface area (Å²) in [4.78, 5) is 18.4. The molecule has 1 amide bonds. The largest absolute Gasteiger partial charge is 0.455 e. The van der Waals surface area contributed by atoms with Crippen LogP contribution in [0.25, 0.3) is 0 Å². The third-order valence-corrected chi connectivity index (χ3v) is 5.59. The molecule has 3 aromatic rings. The zero-order chi connectivity index (χ0) is 24.5. The second-order valence-corrected chi connectivity index (χ2v) is 9.19. The van der Waals surface area contributed by atoms with Crippen molar-refractivity contribution in [2.75, 3.05) is 11.1 Å². The van der Waals surface area contributed by atoms with Crippen molar-refractivity contribution in [2.24, 2.45) is 4.99 Å². The smallest absolute Gasteiger partial charge is 0.228 e. The Balaban J connectivity index is 1.80. The van der Waals surface area contributed by atoms with Crippen LogP contribution in [0.2, 0.25) is 0 Å². The zero-order valence-corrected chi connectivity index (χ0v) is 20.3. The van der Waals surface area contributed by atoms with E-state index < -0.39 is 5.82 Å². The van der Waals surface area contributed by atoms with Gasteiger partial charge in [0.15, 0.2) is 5.75 Å². The van der Waals surface area contributed by atoms with Gasteiger partial charge in [-0.15, -0.1) is 11.8 Å². The first-order valence-electron chi connectivity index (χ1n) is 11.0. The van der Waals surface area contributed by atoms with E-state index in [0.717, 1.165) is 17.0 Å². The first-order valence-corrected chi connectivity index (χ1v) is 12.0. The molecule has 0 aliphatic rings. The molecule has 34 heavy (non-hydrogen) atoms. The molecule has 0 aliphatic heterocycles. The third kappa shape index (κ3) is 7.85. The summed E-state index contributed by atoms with van der Waals surface area (Å²) in [6.45, 7) is 5.66. The van der Waals surface area contributed by atoms with Crippen molar-refractivity contribution in [3.8, 4) is 11.5 Å². The Labute approximate surface area is 204 Å². The molecule has 0 aliphatic carbocycles. The van der Waals surface area contributed by atoms with Crippen LogP contribution in [0.3, 0.4) is 0 Å². The number of rotatable bonds is 10. The highest BCUT2D eigenvalue weighted by molar-refractivity contribution is 7.99. The molecule has 0 saturated heterocycles. The van der Waals surface area contributed by atoms with Crippen LogP contribution >= 0.6 is 11.8 Å². The number of nitrogens with one attached hydrogen (secondary N) is 2. The van der Waals surface area contributed by atoms with Crippen molar-refractivity contribution in [1.82, 2.24) is 0 Å². The Morgan fingerprint density at radius 2 is 1.85 bits per heavy atom. The van der Waals surface area contributed by atoms with Gasteiger partial charge in [0.2, 0.25) is 5.91 Å². The molecule has 0 fully saturated rings. The highest BCUT2D eigenvalue weighted by Gasteiger charge is 2.11. The highest BCUT2D eigenvalue weighted by atomic mass is 32.2. The summed E-state index contributed by atoms with van der Waals surface area (Å²) in [7, 11) is 0.